The molecule has 0 aromatic rings. The minimum absolute atomic E-state index is 0.963. The van der Waals surface area contributed by atoms with Crippen molar-refractivity contribution >= 4 is 0 Å². The molecule has 0 heterocycles. The van der Waals surface area contributed by atoms with E-state index in [1.807, 2.05) is 6.08 Å². The molecule has 0 spiro atoms. The molecule has 0 nitrogen and oxygen atoms in total. The molecular formula is C10H13. The van der Waals surface area contributed by atoms with Crippen molar-refractivity contribution in [1.82, 2.24) is 0 Å². The monoisotopic (exact) mass is 133 g/mol. The summed E-state index contributed by atoms with van der Waals surface area (Å²) in [7, 11) is 0. The van der Waals surface area contributed by atoms with E-state index >= 15 is 0 Å². The number of allylic oxidation sites excluding steroid dienone is 6. The Labute approximate surface area is 62.9 Å². The Hall–Kier alpha value is -0.780. The number of hydrogen-bond donors (Lipinski definition) is 0. The molecule has 0 saturated carbocycles. The zero-order valence-corrected chi connectivity index (χ0v) is 6.22. The highest BCUT2D eigenvalue weighted by Crippen LogP contribution is 2.00. The smallest absolute Gasteiger partial charge is 0.00946 e. The molecular weight excluding hydrogens is 120 g/mol. The Kier molecular flexibility index (Phi) is 3.69. The summed E-state index contributed by atoms with van der Waals surface area (Å²) in [4.78, 5) is 0. The van der Waals surface area contributed by atoms with Crippen LogP contribution in [0.3, 0.4) is 0 Å². The van der Waals surface area contributed by atoms with Crippen LogP contribution in [-0.4, -0.2) is 0 Å². The lowest BCUT2D eigenvalue weighted by Gasteiger charge is -1.90. The zero-order chi connectivity index (χ0) is 7.07. The molecule has 0 saturated heterocycles. The van der Waals surface area contributed by atoms with Crippen molar-refractivity contribution in [2.45, 2.75) is 25.7 Å². The summed E-state index contributed by atoms with van der Waals surface area (Å²) in [5.74, 6) is 0. The van der Waals surface area contributed by atoms with E-state index in [0.717, 1.165) is 6.42 Å². The first-order valence-corrected chi connectivity index (χ1v) is 3.87. The van der Waals surface area contributed by atoms with Crippen LogP contribution < -0.4 is 0 Å². The van der Waals surface area contributed by atoms with Crippen molar-refractivity contribution in [3.8, 4) is 0 Å². The van der Waals surface area contributed by atoms with E-state index in [1.54, 1.807) is 0 Å². The van der Waals surface area contributed by atoms with Crippen LogP contribution >= 0.6 is 0 Å². The third-order valence-corrected chi connectivity index (χ3v) is 1.49. The van der Waals surface area contributed by atoms with Crippen molar-refractivity contribution in [2.75, 3.05) is 0 Å². The fourth-order valence-corrected chi connectivity index (χ4v) is 0.923. The normalized spacial score (nSPS) is 19.2. The molecule has 1 aliphatic carbocycles. The summed E-state index contributed by atoms with van der Waals surface area (Å²) in [6, 6.07) is 0. The summed E-state index contributed by atoms with van der Waals surface area (Å²) >= 11 is 0. The van der Waals surface area contributed by atoms with Gasteiger partial charge in [0.15, 0.2) is 0 Å². The van der Waals surface area contributed by atoms with Gasteiger partial charge in [-0.05, 0) is 31.8 Å². The van der Waals surface area contributed by atoms with Gasteiger partial charge in [0.2, 0.25) is 0 Å². The molecule has 0 atom stereocenters. The van der Waals surface area contributed by atoms with Gasteiger partial charge in [-0.1, -0.05) is 30.4 Å². The van der Waals surface area contributed by atoms with Crippen LogP contribution in [-0.2, 0) is 0 Å². The molecule has 0 aromatic heterocycles. The van der Waals surface area contributed by atoms with E-state index in [9.17, 15) is 0 Å². The number of hydrogen-bond acceptors (Lipinski definition) is 0. The molecule has 0 bridgehead atoms. The van der Waals surface area contributed by atoms with Gasteiger partial charge >= 0.3 is 0 Å². The summed E-state index contributed by atoms with van der Waals surface area (Å²) in [5.41, 5.74) is 0. The van der Waals surface area contributed by atoms with Crippen LogP contribution in [0.4, 0.5) is 0 Å². The minimum atomic E-state index is 0.963. The van der Waals surface area contributed by atoms with E-state index in [1.165, 1.54) is 19.3 Å². The highest BCUT2D eigenvalue weighted by molar-refractivity contribution is 5.02. The van der Waals surface area contributed by atoms with Crippen molar-refractivity contribution in [2.24, 2.45) is 0 Å². The van der Waals surface area contributed by atoms with Gasteiger partial charge in [-0.15, -0.1) is 0 Å². The third-order valence-electron chi connectivity index (χ3n) is 1.49. The Morgan fingerprint density at radius 3 is 2.90 bits per heavy atom. The molecule has 0 N–H and O–H groups in total. The second-order valence-electron chi connectivity index (χ2n) is 2.41. The minimum Gasteiger partial charge on any atom is -0.0882 e. The molecule has 0 heteroatoms. The first-order chi connectivity index (χ1) is 5.00. The average Bonchev–Trinajstić information content (AvgIpc) is 2.01. The second kappa shape index (κ2) is 5.04. The molecule has 0 unspecified atom stereocenters. The summed E-state index contributed by atoms with van der Waals surface area (Å²) < 4.78 is 0. The molecule has 0 aromatic carbocycles. The summed E-state index contributed by atoms with van der Waals surface area (Å²) in [6.07, 6.45) is 18.5. The standard InChI is InChI=1S/C10H13/c1-2-4-6-8-10-9-7-5-3-1/h1-3,9-10H,4,6-8H2. The predicted octanol–water partition coefficient (Wildman–Crippen LogP) is 3.03. The quantitative estimate of drug-likeness (QED) is 0.445. The molecule has 1 rings (SSSR count). The van der Waals surface area contributed by atoms with E-state index in [-0.39, 0.29) is 0 Å². The lowest BCUT2D eigenvalue weighted by atomic mass is 10.2. The molecule has 1 radical (unpaired) electrons. The summed E-state index contributed by atoms with van der Waals surface area (Å²) in [6.45, 7) is 0. The van der Waals surface area contributed by atoms with Gasteiger partial charge in [0.25, 0.3) is 0 Å². The Morgan fingerprint density at radius 1 is 1.00 bits per heavy atom. The summed E-state index contributed by atoms with van der Waals surface area (Å²) in [5, 5.41) is 0. The van der Waals surface area contributed by atoms with E-state index in [0.29, 0.717) is 0 Å². The molecule has 53 valence electrons. The maximum absolute atomic E-state index is 3.16. The average molecular weight is 133 g/mol. The maximum atomic E-state index is 3.16. The fourth-order valence-electron chi connectivity index (χ4n) is 0.923. The van der Waals surface area contributed by atoms with Crippen molar-refractivity contribution in [3.05, 3.63) is 36.5 Å². The van der Waals surface area contributed by atoms with Crippen LogP contribution in [0.25, 0.3) is 0 Å². The second-order valence-corrected chi connectivity index (χ2v) is 2.41. The van der Waals surface area contributed by atoms with Crippen molar-refractivity contribution < 1.29 is 0 Å². The molecule has 0 aliphatic heterocycles. The molecule has 10 heavy (non-hydrogen) atoms. The van der Waals surface area contributed by atoms with Crippen LogP contribution in [0.2, 0.25) is 0 Å². The van der Waals surface area contributed by atoms with Crippen LogP contribution in [0, 0.1) is 6.08 Å². The van der Waals surface area contributed by atoms with Gasteiger partial charge in [0.05, 0.1) is 0 Å². The fraction of sp³-hybridized carbons (Fsp3) is 0.400. The van der Waals surface area contributed by atoms with Gasteiger partial charge < -0.3 is 0 Å². The first kappa shape index (κ1) is 7.33. The third kappa shape index (κ3) is 3.29. The van der Waals surface area contributed by atoms with E-state index in [2.05, 4.69) is 30.4 Å². The van der Waals surface area contributed by atoms with Gasteiger partial charge in [0.1, 0.15) is 0 Å². The highest BCUT2D eigenvalue weighted by atomic mass is 13.9. The lowest BCUT2D eigenvalue weighted by Crippen LogP contribution is -1.71. The molecule has 1 aliphatic rings. The Balaban J connectivity index is 2.38. The number of rotatable bonds is 0. The first-order valence-electron chi connectivity index (χ1n) is 3.87. The Bertz CT molecular complexity index is 149. The van der Waals surface area contributed by atoms with E-state index < -0.39 is 0 Å². The largest absolute Gasteiger partial charge is 0.0882 e. The van der Waals surface area contributed by atoms with Crippen LogP contribution in [0.15, 0.2) is 30.4 Å². The van der Waals surface area contributed by atoms with Gasteiger partial charge in [-0.3, -0.25) is 0 Å². The molecule has 0 fully saturated rings. The maximum Gasteiger partial charge on any atom is -0.00946 e. The van der Waals surface area contributed by atoms with Crippen LogP contribution in [0.1, 0.15) is 25.7 Å². The van der Waals surface area contributed by atoms with Crippen molar-refractivity contribution in [3.63, 3.8) is 0 Å². The van der Waals surface area contributed by atoms with Gasteiger partial charge in [0, 0.05) is 0 Å². The van der Waals surface area contributed by atoms with E-state index in [4.69, 9.17) is 0 Å². The highest BCUT2D eigenvalue weighted by Gasteiger charge is 1.81. The lowest BCUT2D eigenvalue weighted by molar-refractivity contribution is 0.864. The van der Waals surface area contributed by atoms with Gasteiger partial charge in [-0.25, -0.2) is 0 Å². The Morgan fingerprint density at radius 2 is 1.90 bits per heavy atom. The molecule has 0 amide bonds. The topological polar surface area (TPSA) is 0 Å². The van der Waals surface area contributed by atoms with Crippen molar-refractivity contribution in [1.29, 1.82) is 0 Å². The zero-order valence-electron chi connectivity index (χ0n) is 6.22. The van der Waals surface area contributed by atoms with Gasteiger partial charge in [-0.2, -0.15) is 0 Å². The predicted molar refractivity (Wildman–Crippen MR) is 44.6 cm³/mol. The SMILES string of the molecule is [C]1=CC=CCCCC=CC1. The van der Waals surface area contributed by atoms with Crippen LogP contribution in [0.5, 0.6) is 0 Å².